The SMILES string of the molecule is CCCC/C=C\C/C=C\CCCCCCCC(=O)OCCCCCCCCCCCCCC/C=C\CCCCCCCCCCCCC(=O)NC(CO)C(O)/C=C/CCCCCCCCCCCCCCCCCCCC. The molecule has 6 heteroatoms. The first-order valence-corrected chi connectivity index (χ1v) is 34.4. The van der Waals surface area contributed by atoms with Crippen molar-refractivity contribution in [1.82, 2.24) is 5.32 Å². The highest BCUT2D eigenvalue weighted by molar-refractivity contribution is 5.76. The Kier molecular flexibility index (Phi) is 64.5. The van der Waals surface area contributed by atoms with Gasteiger partial charge in [0.15, 0.2) is 0 Å². The van der Waals surface area contributed by atoms with Crippen LogP contribution in [0.1, 0.15) is 367 Å². The molecule has 77 heavy (non-hydrogen) atoms. The number of carbonyl (C=O) groups is 2. The molecule has 0 bridgehead atoms. The monoisotopic (exact) mass is 1080 g/mol. The Morgan fingerprint density at radius 1 is 0.364 bits per heavy atom. The number of allylic oxidation sites excluding steroid dienone is 7. The summed E-state index contributed by atoms with van der Waals surface area (Å²) in [4.78, 5) is 24.6. The molecule has 0 spiro atoms. The second-order valence-corrected chi connectivity index (χ2v) is 23.5. The van der Waals surface area contributed by atoms with Crippen LogP contribution in [0.2, 0.25) is 0 Å². The average molecular weight is 1080 g/mol. The van der Waals surface area contributed by atoms with Crippen molar-refractivity contribution in [3.05, 3.63) is 48.6 Å². The van der Waals surface area contributed by atoms with Gasteiger partial charge in [-0.25, -0.2) is 0 Å². The van der Waals surface area contributed by atoms with Gasteiger partial charge in [-0.2, -0.15) is 0 Å². The van der Waals surface area contributed by atoms with Gasteiger partial charge in [-0.3, -0.25) is 9.59 Å². The minimum atomic E-state index is -0.847. The van der Waals surface area contributed by atoms with Crippen molar-refractivity contribution in [2.24, 2.45) is 0 Å². The minimum Gasteiger partial charge on any atom is -0.466 e. The fourth-order valence-electron chi connectivity index (χ4n) is 10.5. The quantitative estimate of drug-likeness (QED) is 0.0320. The van der Waals surface area contributed by atoms with Crippen LogP contribution in [0.4, 0.5) is 0 Å². The second-order valence-electron chi connectivity index (χ2n) is 23.5. The Hall–Kier alpha value is -2.18. The van der Waals surface area contributed by atoms with E-state index in [0.717, 1.165) is 51.4 Å². The molecule has 2 atom stereocenters. The van der Waals surface area contributed by atoms with E-state index in [0.29, 0.717) is 19.4 Å². The van der Waals surface area contributed by atoms with Gasteiger partial charge in [-0.15, -0.1) is 0 Å². The van der Waals surface area contributed by atoms with Gasteiger partial charge < -0.3 is 20.3 Å². The summed E-state index contributed by atoms with van der Waals surface area (Å²) in [6.45, 7) is 4.88. The van der Waals surface area contributed by atoms with Crippen molar-refractivity contribution in [2.45, 2.75) is 379 Å². The molecule has 0 aliphatic rings. The smallest absolute Gasteiger partial charge is 0.305 e. The van der Waals surface area contributed by atoms with Crippen molar-refractivity contribution in [3.63, 3.8) is 0 Å². The highest BCUT2D eigenvalue weighted by atomic mass is 16.5. The molecular weight excluding hydrogens is 947 g/mol. The number of aliphatic hydroxyl groups is 2. The Morgan fingerprint density at radius 3 is 1.04 bits per heavy atom. The van der Waals surface area contributed by atoms with Gasteiger partial charge in [-0.1, -0.05) is 319 Å². The molecule has 0 rings (SSSR count). The maximum absolute atomic E-state index is 12.5. The van der Waals surface area contributed by atoms with E-state index >= 15 is 0 Å². The lowest BCUT2D eigenvalue weighted by Crippen LogP contribution is -2.45. The summed E-state index contributed by atoms with van der Waals surface area (Å²) in [7, 11) is 0. The first-order valence-electron chi connectivity index (χ1n) is 34.4. The summed E-state index contributed by atoms with van der Waals surface area (Å²) in [5.41, 5.74) is 0. The van der Waals surface area contributed by atoms with E-state index in [-0.39, 0.29) is 18.5 Å². The molecule has 0 saturated carbocycles. The van der Waals surface area contributed by atoms with Gasteiger partial charge in [0, 0.05) is 12.8 Å². The molecular formula is C71H133NO5. The maximum atomic E-state index is 12.5. The summed E-state index contributed by atoms with van der Waals surface area (Å²) in [6, 6.07) is -0.631. The van der Waals surface area contributed by atoms with Crippen LogP contribution in [-0.2, 0) is 14.3 Å². The molecule has 0 heterocycles. The molecule has 0 fully saturated rings. The van der Waals surface area contributed by atoms with Crippen molar-refractivity contribution >= 4 is 11.9 Å². The van der Waals surface area contributed by atoms with E-state index < -0.39 is 12.1 Å². The molecule has 0 aromatic rings. The maximum Gasteiger partial charge on any atom is 0.305 e. The van der Waals surface area contributed by atoms with Crippen LogP contribution < -0.4 is 5.32 Å². The van der Waals surface area contributed by atoms with Crippen molar-refractivity contribution in [1.29, 1.82) is 0 Å². The Balaban J connectivity index is 3.43. The Labute approximate surface area is 480 Å². The predicted molar refractivity (Wildman–Crippen MR) is 338 cm³/mol. The van der Waals surface area contributed by atoms with Gasteiger partial charge in [0.2, 0.25) is 5.91 Å². The zero-order valence-electron chi connectivity index (χ0n) is 51.7. The van der Waals surface area contributed by atoms with Crippen LogP contribution >= 0.6 is 0 Å². The Morgan fingerprint density at radius 2 is 0.662 bits per heavy atom. The van der Waals surface area contributed by atoms with Crippen LogP contribution in [-0.4, -0.2) is 47.4 Å². The number of nitrogens with one attached hydrogen (secondary N) is 1. The highest BCUT2D eigenvalue weighted by Crippen LogP contribution is 2.18. The van der Waals surface area contributed by atoms with E-state index in [1.807, 2.05) is 6.08 Å². The topological polar surface area (TPSA) is 95.9 Å². The van der Waals surface area contributed by atoms with Gasteiger partial charge in [0.05, 0.1) is 25.4 Å². The molecule has 0 aromatic heterocycles. The standard InChI is InChI=1S/C71H133NO5/c1-3-5-7-9-11-13-15-17-19-20-21-30-33-36-39-43-47-51-55-59-63-69(74)68(67-73)72-70(75)64-60-56-52-48-44-40-37-34-31-28-26-24-22-23-25-27-29-32-35-38-42-46-50-54-58-62-66-77-71(76)65-61-57-53-49-45-41-18-16-14-12-10-8-6-4-2/h10,12,16,18,22,24,59,63,68-69,73-74H,3-9,11,13-15,17,19-21,23,25-58,60-62,64-67H2,1-2H3,(H,72,75)/b12-10-,18-16-,24-22-,63-59+. The van der Waals surface area contributed by atoms with E-state index in [2.05, 4.69) is 55.6 Å². The number of aliphatic hydroxyl groups excluding tert-OH is 2. The number of ether oxygens (including phenoxy) is 1. The minimum absolute atomic E-state index is 0.000712. The summed E-state index contributed by atoms with van der Waals surface area (Å²) in [5.74, 6) is -0.0679. The number of amides is 1. The third-order valence-electron chi connectivity index (χ3n) is 15.8. The van der Waals surface area contributed by atoms with Gasteiger partial charge >= 0.3 is 5.97 Å². The fraction of sp³-hybridized carbons (Fsp3) is 0.859. The molecule has 1 amide bonds. The number of rotatable bonds is 64. The molecule has 0 aromatic carbocycles. The summed E-state index contributed by atoms with van der Waals surface area (Å²) >= 11 is 0. The van der Waals surface area contributed by atoms with E-state index in [1.165, 1.54) is 289 Å². The fourth-order valence-corrected chi connectivity index (χ4v) is 10.5. The summed E-state index contributed by atoms with van der Waals surface area (Å²) in [6.07, 6.45) is 86.0. The normalized spacial score (nSPS) is 12.8. The lowest BCUT2D eigenvalue weighted by atomic mass is 10.0. The molecule has 0 radical (unpaired) electrons. The summed E-state index contributed by atoms with van der Waals surface area (Å²) < 4.78 is 5.48. The largest absolute Gasteiger partial charge is 0.466 e. The van der Waals surface area contributed by atoms with E-state index in [9.17, 15) is 19.8 Å². The van der Waals surface area contributed by atoms with Crippen LogP contribution in [0.15, 0.2) is 48.6 Å². The van der Waals surface area contributed by atoms with Gasteiger partial charge in [0.25, 0.3) is 0 Å². The predicted octanol–water partition coefficient (Wildman–Crippen LogP) is 22.1. The third kappa shape index (κ3) is 62.9. The number of hydrogen-bond donors (Lipinski definition) is 3. The second kappa shape index (κ2) is 66.3. The lowest BCUT2D eigenvalue weighted by molar-refractivity contribution is -0.143. The first kappa shape index (κ1) is 74.8. The molecule has 3 N–H and O–H groups in total. The molecule has 0 aliphatic heterocycles. The number of hydrogen-bond acceptors (Lipinski definition) is 5. The van der Waals surface area contributed by atoms with Crippen molar-refractivity contribution < 1.29 is 24.5 Å². The number of esters is 1. The van der Waals surface area contributed by atoms with Gasteiger partial charge in [0.1, 0.15) is 0 Å². The zero-order valence-corrected chi connectivity index (χ0v) is 51.7. The molecule has 0 aliphatic carbocycles. The number of unbranched alkanes of at least 4 members (excludes halogenated alkanes) is 47. The molecule has 2 unspecified atom stereocenters. The third-order valence-corrected chi connectivity index (χ3v) is 15.8. The molecule has 452 valence electrons. The van der Waals surface area contributed by atoms with Gasteiger partial charge in [-0.05, 0) is 83.5 Å². The molecule has 6 nitrogen and oxygen atoms in total. The van der Waals surface area contributed by atoms with Crippen LogP contribution in [0.5, 0.6) is 0 Å². The Bertz CT molecular complexity index is 1290. The summed E-state index contributed by atoms with van der Waals surface area (Å²) in [5, 5.41) is 23.2. The number of carbonyl (C=O) groups excluding carboxylic acids is 2. The highest BCUT2D eigenvalue weighted by Gasteiger charge is 2.18. The van der Waals surface area contributed by atoms with Crippen molar-refractivity contribution in [2.75, 3.05) is 13.2 Å². The molecule has 0 saturated heterocycles. The van der Waals surface area contributed by atoms with Crippen molar-refractivity contribution in [3.8, 4) is 0 Å². The zero-order chi connectivity index (χ0) is 55.7. The first-order chi connectivity index (χ1) is 38.0. The van der Waals surface area contributed by atoms with E-state index in [1.54, 1.807) is 6.08 Å². The average Bonchev–Trinajstić information content (AvgIpc) is 3.43. The van der Waals surface area contributed by atoms with E-state index in [4.69, 9.17) is 4.74 Å². The van der Waals surface area contributed by atoms with Crippen LogP contribution in [0.3, 0.4) is 0 Å². The van der Waals surface area contributed by atoms with Crippen LogP contribution in [0.25, 0.3) is 0 Å². The lowest BCUT2D eigenvalue weighted by Gasteiger charge is -2.20. The van der Waals surface area contributed by atoms with Crippen LogP contribution in [0, 0.1) is 0 Å².